The lowest BCUT2D eigenvalue weighted by atomic mass is 9.80. The van der Waals surface area contributed by atoms with E-state index in [1.54, 1.807) is 12.1 Å². The summed E-state index contributed by atoms with van der Waals surface area (Å²) in [6, 6.07) is 9.55. The molecule has 0 radical (unpaired) electrons. The SMILES string of the molecule is CC(C)(C)C(=O)c1ccc(C(=O)[O-])c(C2=c3cc4c5c(c3Oc3c2cc2c6c3CCCN6CCC2)CCC[N+]=5CCC4)c1. The Morgan fingerprint density at radius 3 is 2.33 bits per heavy atom. The van der Waals surface area contributed by atoms with Crippen molar-refractivity contribution in [2.24, 2.45) is 5.41 Å². The van der Waals surface area contributed by atoms with Crippen LogP contribution in [0.15, 0.2) is 30.3 Å². The number of Topliss-reactive ketones (excluding diaryl/α,β-unsaturated/α-hetero) is 1. The number of aromatic carboxylic acids is 1. The Bertz CT molecular complexity index is 1890. The van der Waals surface area contributed by atoms with E-state index in [0.717, 1.165) is 105 Å². The first-order chi connectivity index (χ1) is 20.7. The Kier molecular flexibility index (Phi) is 5.92. The molecule has 5 aliphatic heterocycles. The Hall–Kier alpha value is -3.93. The molecule has 0 aromatic heterocycles. The van der Waals surface area contributed by atoms with Crippen LogP contribution in [-0.4, -0.2) is 37.9 Å². The Labute approximate surface area is 252 Å². The number of carbonyl (C=O) groups is 2. The van der Waals surface area contributed by atoms with Gasteiger partial charge in [0.25, 0.3) is 0 Å². The van der Waals surface area contributed by atoms with Crippen molar-refractivity contribution in [3.63, 3.8) is 0 Å². The zero-order chi connectivity index (χ0) is 29.6. The molecule has 43 heavy (non-hydrogen) atoms. The number of hydrogen-bond acceptors (Lipinski definition) is 5. The molecule has 0 saturated carbocycles. The summed E-state index contributed by atoms with van der Waals surface area (Å²) in [6.07, 6.45) is 8.20. The molecule has 0 N–H and O–H groups in total. The highest BCUT2D eigenvalue weighted by Gasteiger charge is 2.36. The van der Waals surface area contributed by atoms with Crippen molar-refractivity contribution in [1.82, 2.24) is 4.58 Å². The van der Waals surface area contributed by atoms with Crippen molar-refractivity contribution in [3.8, 4) is 11.5 Å². The van der Waals surface area contributed by atoms with Crippen LogP contribution in [0.3, 0.4) is 0 Å². The number of anilines is 1. The van der Waals surface area contributed by atoms with E-state index in [0.29, 0.717) is 11.1 Å². The Morgan fingerprint density at radius 1 is 0.837 bits per heavy atom. The molecule has 0 fully saturated rings. The van der Waals surface area contributed by atoms with Gasteiger partial charge in [-0.15, -0.1) is 0 Å². The minimum atomic E-state index is -1.23. The maximum Gasteiger partial charge on any atom is 0.210 e. The highest BCUT2D eigenvalue weighted by molar-refractivity contribution is 6.04. The van der Waals surface area contributed by atoms with Gasteiger partial charge in [0.2, 0.25) is 5.36 Å². The minimum absolute atomic E-state index is 0.0147. The van der Waals surface area contributed by atoms with E-state index in [1.165, 1.54) is 33.3 Å². The minimum Gasteiger partial charge on any atom is -0.545 e. The third-order valence-electron chi connectivity index (χ3n) is 10.1. The fraction of sp³-hybridized carbons (Fsp3) is 0.432. The molecule has 3 aromatic rings. The summed E-state index contributed by atoms with van der Waals surface area (Å²) < 4.78 is 9.62. The molecule has 0 atom stereocenters. The second-order valence-corrected chi connectivity index (χ2v) is 14.0. The lowest BCUT2D eigenvalue weighted by Gasteiger charge is -2.39. The number of carbonyl (C=O) groups excluding carboxylic acids is 2. The molecule has 220 valence electrons. The molecule has 0 aliphatic carbocycles. The first-order valence-corrected chi connectivity index (χ1v) is 16.0. The molecule has 0 saturated heterocycles. The van der Waals surface area contributed by atoms with Crippen molar-refractivity contribution in [1.29, 1.82) is 0 Å². The van der Waals surface area contributed by atoms with Crippen LogP contribution < -0.4 is 29.9 Å². The number of ketones is 1. The van der Waals surface area contributed by atoms with Gasteiger partial charge in [-0.25, -0.2) is 4.58 Å². The number of hydrogen-bond donors (Lipinski definition) is 0. The smallest absolute Gasteiger partial charge is 0.210 e. The van der Waals surface area contributed by atoms with Gasteiger partial charge in [0.15, 0.2) is 5.78 Å². The van der Waals surface area contributed by atoms with Crippen LogP contribution in [0.4, 0.5) is 5.69 Å². The summed E-state index contributed by atoms with van der Waals surface area (Å²) in [6.45, 7) is 9.95. The highest BCUT2D eigenvalue weighted by Crippen LogP contribution is 2.49. The van der Waals surface area contributed by atoms with Crippen molar-refractivity contribution in [2.75, 3.05) is 31.1 Å². The summed E-state index contributed by atoms with van der Waals surface area (Å²) in [4.78, 5) is 28.8. The summed E-state index contributed by atoms with van der Waals surface area (Å²) in [5.41, 5.74) is 8.83. The third-order valence-corrected chi connectivity index (χ3v) is 10.1. The molecule has 0 bridgehead atoms. The van der Waals surface area contributed by atoms with E-state index in [-0.39, 0.29) is 11.3 Å². The van der Waals surface area contributed by atoms with Gasteiger partial charge in [-0.1, -0.05) is 32.9 Å². The van der Waals surface area contributed by atoms with Crippen molar-refractivity contribution < 1.29 is 19.4 Å². The molecule has 5 aliphatic rings. The molecule has 6 nitrogen and oxygen atoms in total. The largest absolute Gasteiger partial charge is 0.545 e. The Morgan fingerprint density at radius 2 is 1.56 bits per heavy atom. The van der Waals surface area contributed by atoms with E-state index in [4.69, 9.17) is 4.74 Å². The molecular formula is C37H38N2O4. The van der Waals surface area contributed by atoms with Crippen LogP contribution in [0.25, 0.3) is 5.57 Å². The molecule has 0 spiro atoms. The summed E-state index contributed by atoms with van der Waals surface area (Å²) in [7, 11) is 0. The van der Waals surface area contributed by atoms with Gasteiger partial charge in [-0.2, -0.15) is 0 Å². The zero-order valence-corrected chi connectivity index (χ0v) is 25.4. The quantitative estimate of drug-likeness (QED) is 0.276. The van der Waals surface area contributed by atoms with Crippen LogP contribution in [0.5, 0.6) is 11.5 Å². The molecule has 8 rings (SSSR count). The number of carboxylic acid groups (broad SMARTS) is 1. The number of rotatable bonds is 3. The maximum absolute atomic E-state index is 13.5. The molecule has 0 amide bonds. The Balaban J connectivity index is 1.53. The second-order valence-electron chi connectivity index (χ2n) is 14.0. The standard InChI is InChI=1S/C37H38N2O4/c1-37(2,3)35(40)23-12-13-24(36(41)42)27(20-23)30-28-18-21-8-4-14-38-16-6-10-25(31(21)38)33(28)43-34-26-11-7-17-39-15-5-9-22(32(26)39)19-29(30)34/h12-13,18-20H,4-11,14-17H2,1-3H3. The average Bonchev–Trinajstić information content (AvgIpc) is 3.00. The number of fused-ring (bicyclic) bond motifs is 4. The van der Waals surface area contributed by atoms with E-state index in [1.807, 2.05) is 26.8 Å². The molecule has 3 aromatic carbocycles. The van der Waals surface area contributed by atoms with Gasteiger partial charge in [-0.3, -0.25) is 4.79 Å². The number of carboxylic acids is 1. The third kappa shape index (κ3) is 4.01. The topological polar surface area (TPSA) is 72.7 Å². The van der Waals surface area contributed by atoms with Gasteiger partial charge < -0.3 is 19.5 Å². The van der Waals surface area contributed by atoms with E-state index in [2.05, 4.69) is 21.6 Å². The predicted octanol–water partition coefficient (Wildman–Crippen LogP) is 3.71. The van der Waals surface area contributed by atoms with Gasteiger partial charge in [0.05, 0.1) is 11.5 Å². The normalized spacial score (nSPS) is 18.3. The van der Waals surface area contributed by atoms with Crippen LogP contribution in [0, 0.1) is 5.41 Å². The van der Waals surface area contributed by atoms with E-state index in [9.17, 15) is 14.7 Å². The van der Waals surface area contributed by atoms with Crippen molar-refractivity contribution >= 4 is 23.0 Å². The lowest BCUT2D eigenvalue weighted by molar-refractivity contribution is -0.255. The number of nitrogens with zero attached hydrogens (tertiary/aromatic N) is 2. The zero-order valence-electron chi connectivity index (χ0n) is 25.4. The van der Waals surface area contributed by atoms with Gasteiger partial charge >= 0.3 is 0 Å². The summed E-state index contributed by atoms with van der Waals surface area (Å²) in [5, 5.41) is 15.0. The average molecular weight is 575 g/mol. The summed E-state index contributed by atoms with van der Waals surface area (Å²) in [5.74, 6) is 0.490. The molecule has 5 heterocycles. The fourth-order valence-electron chi connectivity index (χ4n) is 8.31. The van der Waals surface area contributed by atoms with Crippen LogP contribution in [0.2, 0.25) is 0 Å². The maximum atomic E-state index is 13.5. The lowest BCUT2D eigenvalue weighted by Crippen LogP contribution is -2.45. The highest BCUT2D eigenvalue weighted by atomic mass is 16.5. The molecular weight excluding hydrogens is 536 g/mol. The number of benzene rings is 3. The first-order valence-electron chi connectivity index (χ1n) is 16.0. The monoisotopic (exact) mass is 574 g/mol. The van der Waals surface area contributed by atoms with Crippen molar-refractivity contribution in [3.05, 3.63) is 85.4 Å². The van der Waals surface area contributed by atoms with Gasteiger partial charge in [-0.05, 0) is 67.9 Å². The first kappa shape index (κ1) is 26.7. The predicted molar refractivity (Wildman–Crippen MR) is 165 cm³/mol. The van der Waals surface area contributed by atoms with Crippen LogP contribution >= 0.6 is 0 Å². The fourth-order valence-corrected chi connectivity index (χ4v) is 8.31. The number of ether oxygens (including phenoxy) is 1. The van der Waals surface area contributed by atoms with Crippen molar-refractivity contribution in [2.45, 2.75) is 72.1 Å². The number of aryl methyl sites for hydroxylation is 2. The van der Waals surface area contributed by atoms with Crippen LogP contribution in [0.1, 0.15) is 101 Å². The van der Waals surface area contributed by atoms with E-state index < -0.39 is 11.4 Å². The van der Waals surface area contributed by atoms with Gasteiger partial charge in [0.1, 0.15) is 24.6 Å². The molecule has 6 heteroatoms. The molecule has 0 unspecified atom stereocenters. The summed E-state index contributed by atoms with van der Waals surface area (Å²) >= 11 is 0. The van der Waals surface area contributed by atoms with Gasteiger partial charge in [0, 0.05) is 75.6 Å². The van der Waals surface area contributed by atoms with Crippen LogP contribution in [-0.2, 0) is 25.7 Å². The van der Waals surface area contributed by atoms with E-state index >= 15 is 0 Å². The second kappa shape index (κ2) is 9.54.